The van der Waals surface area contributed by atoms with Gasteiger partial charge in [-0.15, -0.1) is 0 Å². The third-order valence-electron chi connectivity index (χ3n) is 0.288. The Bertz CT molecular complexity index is 32.0. The van der Waals surface area contributed by atoms with E-state index in [1.165, 1.54) is 0 Å². The lowest BCUT2D eigenvalue weighted by Gasteiger charge is -1.98. The van der Waals surface area contributed by atoms with Gasteiger partial charge in [0.1, 0.15) is 0 Å². The maximum atomic E-state index is 8.04. The van der Waals surface area contributed by atoms with E-state index in [-0.39, 0.29) is 0 Å². The van der Waals surface area contributed by atoms with E-state index < -0.39 is 0 Å². The van der Waals surface area contributed by atoms with E-state index in [9.17, 15) is 0 Å². The largest absolute Gasteiger partial charge is 0.317 e. The van der Waals surface area contributed by atoms with Crippen LogP contribution in [0, 0.1) is 0 Å². The van der Waals surface area contributed by atoms with Crippen molar-refractivity contribution in [2.45, 2.75) is 19.9 Å². The highest BCUT2D eigenvalue weighted by Gasteiger charge is 1.84. The zero-order chi connectivity index (χ0) is 4.99. The Balaban J connectivity index is 2.63. The van der Waals surface area contributed by atoms with Gasteiger partial charge in [0.05, 0.1) is 12.2 Å². The molecule has 0 radical (unpaired) electrons. The topological polar surface area (TPSA) is 32.3 Å². The van der Waals surface area contributed by atoms with Gasteiger partial charge < -0.3 is 4.55 Å². The van der Waals surface area contributed by atoms with Crippen LogP contribution >= 0.6 is 12.2 Å². The van der Waals surface area contributed by atoms with Crippen LogP contribution in [-0.2, 0) is 0 Å². The molecule has 0 aliphatic carbocycles. The summed E-state index contributed by atoms with van der Waals surface area (Å²) < 4.78 is 10.7. The molecule has 2 nitrogen and oxygen atoms in total. The fourth-order valence-corrected chi connectivity index (χ4v) is 0.316. The van der Waals surface area contributed by atoms with Crippen LogP contribution < -0.4 is 4.72 Å². The van der Waals surface area contributed by atoms with Gasteiger partial charge in [-0.3, -0.25) is 0 Å². The van der Waals surface area contributed by atoms with Gasteiger partial charge >= 0.3 is 0 Å². The minimum atomic E-state index is 0.361. The third kappa shape index (κ3) is 4.27. The second-order valence-corrected chi connectivity index (χ2v) is 1.78. The first-order valence-corrected chi connectivity index (χ1v) is 2.60. The number of nitrogens with one attached hydrogen (secondary N) is 1. The molecule has 0 atom stereocenters. The van der Waals surface area contributed by atoms with Crippen LogP contribution in [0.3, 0.4) is 0 Å². The molecule has 38 valence electrons. The predicted molar refractivity (Wildman–Crippen MR) is 28.5 cm³/mol. The van der Waals surface area contributed by atoms with Gasteiger partial charge in [-0.05, 0) is 13.8 Å². The lowest BCUT2D eigenvalue weighted by atomic mass is 10.4. The summed E-state index contributed by atoms with van der Waals surface area (Å²) >= 11 is 0.660. The molecule has 0 aromatic carbocycles. The second kappa shape index (κ2) is 3.46. The second-order valence-electron chi connectivity index (χ2n) is 1.36. The molecule has 0 saturated carbocycles. The van der Waals surface area contributed by atoms with Gasteiger partial charge in [0.15, 0.2) is 0 Å². The molecule has 0 unspecified atom stereocenters. The van der Waals surface area contributed by atoms with E-state index >= 15 is 0 Å². The van der Waals surface area contributed by atoms with Crippen molar-refractivity contribution in [1.29, 1.82) is 0 Å². The summed E-state index contributed by atoms with van der Waals surface area (Å²) in [5.41, 5.74) is 0. The molecule has 0 fully saturated rings. The van der Waals surface area contributed by atoms with Crippen LogP contribution in [0.4, 0.5) is 0 Å². The quantitative estimate of drug-likeness (QED) is 0.409. The zero-order valence-corrected chi connectivity index (χ0v) is 4.75. The van der Waals surface area contributed by atoms with Crippen molar-refractivity contribution in [3.63, 3.8) is 0 Å². The lowest BCUT2D eigenvalue weighted by molar-refractivity contribution is 0.633. The Labute approximate surface area is 42.3 Å². The average molecular weight is 107 g/mol. The van der Waals surface area contributed by atoms with Crippen molar-refractivity contribution in [2.24, 2.45) is 0 Å². The standard InChI is InChI=1S/C3H9NOS/c1-3(2)4-6-5/h3-5H,1-2H3. The third-order valence-corrected chi connectivity index (χ3v) is 0.865. The Kier molecular flexibility index (Phi) is 3.62. The minimum absolute atomic E-state index is 0.361. The highest BCUT2D eigenvalue weighted by atomic mass is 32.2. The monoisotopic (exact) mass is 107 g/mol. The molecule has 0 bridgehead atoms. The van der Waals surface area contributed by atoms with E-state index in [2.05, 4.69) is 4.72 Å². The van der Waals surface area contributed by atoms with Crippen LogP contribution in [-0.4, -0.2) is 10.6 Å². The summed E-state index contributed by atoms with van der Waals surface area (Å²) in [6.45, 7) is 3.92. The molecule has 0 aliphatic heterocycles. The maximum Gasteiger partial charge on any atom is 0.0762 e. The van der Waals surface area contributed by atoms with E-state index in [1.807, 2.05) is 13.8 Å². The van der Waals surface area contributed by atoms with Gasteiger partial charge in [0.2, 0.25) is 0 Å². The first-order valence-electron chi connectivity index (χ1n) is 1.83. The number of hydrogen-bond donors (Lipinski definition) is 2. The normalized spacial score (nSPS) is 10.0. The Morgan fingerprint density at radius 3 is 2.17 bits per heavy atom. The summed E-state index contributed by atoms with van der Waals surface area (Å²) in [5.74, 6) is 0. The average Bonchev–Trinajstić information content (AvgIpc) is 1.35. The summed E-state index contributed by atoms with van der Waals surface area (Å²) in [5, 5.41) is 0. The molecule has 0 heterocycles. The minimum Gasteiger partial charge on any atom is -0.317 e. The van der Waals surface area contributed by atoms with Crippen LogP contribution in [0.2, 0.25) is 0 Å². The summed E-state index contributed by atoms with van der Waals surface area (Å²) in [6.07, 6.45) is 0. The molecule has 3 heteroatoms. The SMILES string of the molecule is CC(C)NSO. The van der Waals surface area contributed by atoms with Crippen molar-refractivity contribution >= 4 is 12.2 Å². The molecule has 0 amide bonds. The first-order chi connectivity index (χ1) is 2.77. The molecule has 0 aromatic heterocycles. The van der Waals surface area contributed by atoms with Crippen molar-refractivity contribution in [3.05, 3.63) is 0 Å². The zero-order valence-electron chi connectivity index (χ0n) is 3.93. The molecule has 0 rings (SSSR count). The van der Waals surface area contributed by atoms with Gasteiger partial charge in [0.25, 0.3) is 0 Å². The smallest absolute Gasteiger partial charge is 0.0762 e. The van der Waals surface area contributed by atoms with Crippen LogP contribution in [0.15, 0.2) is 0 Å². The highest BCUT2D eigenvalue weighted by Crippen LogP contribution is 1.84. The summed E-state index contributed by atoms with van der Waals surface area (Å²) in [4.78, 5) is 0. The van der Waals surface area contributed by atoms with Crippen LogP contribution in [0.5, 0.6) is 0 Å². The summed E-state index contributed by atoms with van der Waals surface area (Å²) in [7, 11) is 0. The molecule has 0 aliphatic rings. The molecule has 0 saturated heterocycles. The lowest BCUT2D eigenvalue weighted by Crippen LogP contribution is -2.12. The van der Waals surface area contributed by atoms with E-state index in [0.717, 1.165) is 0 Å². The fourth-order valence-electron chi connectivity index (χ4n) is 0.105. The van der Waals surface area contributed by atoms with Crippen molar-refractivity contribution < 1.29 is 4.55 Å². The Morgan fingerprint density at radius 2 is 2.17 bits per heavy atom. The van der Waals surface area contributed by atoms with Gasteiger partial charge in [0, 0.05) is 6.04 Å². The Hall–Kier alpha value is 0.270. The van der Waals surface area contributed by atoms with E-state index in [0.29, 0.717) is 18.3 Å². The number of rotatable bonds is 2. The summed E-state index contributed by atoms with van der Waals surface area (Å²) in [6, 6.07) is 0.361. The maximum absolute atomic E-state index is 8.04. The van der Waals surface area contributed by atoms with Gasteiger partial charge in [-0.25, -0.2) is 4.72 Å². The fraction of sp³-hybridized carbons (Fsp3) is 1.00. The molecule has 6 heavy (non-hydrogen) atoms. The van der Waals surface area contributed by atoms with Crippen LogP contribution in [0.1, 0.15) is 13.8 Å². The molecular formula is C3H9NOS. The van der Waals surface area contributed by atoms with Crippen molar-refractivity contribution in [2.75, 3.05) is 0 Å². The van der Waals surface area contributed by atoms with E-state index in [4.69, 9.17) is 4.55 Å². The van der Waals surface area contributed by atoms with Crippen LogP contribution in [0.25, 0.3) is 0 Å². The highest BCUT2D eigenvalue weighted by molar-refractivity contribution is 7.91. The predicted octanol–water partition coefficient (Wildman–Crippen LogP) is 1.11. The molecule has 2 N–H and O–H groups in total. The van der Waals surface area contributed by atoms with Crippen molar-refractivity contribution in [3.8, 4) is 0 Å². The molecular weight excluding hydrogens is 98.1 g/mol. The number of hydrogen-bond acceptors (Lipinski definition) is 3. The Morgan fingerprint density at radius 1 is 1.67 bits per heavy atom. The van der Waals surface area contributed by atoms with Crippen molar-refractivity contribution in [1.82, 2.24) is 4.72 Å². The van der Waals surface area contributed by atoms with E-state index in [1.54, 1.807) is 0 Å². The molecule has 0 spiro atoms. The van der Waals surface area contributed by atoms with Gasteiger partial charge in [-0.1, -0.05) is 0 Å². The van der Waals surface area contributed by atoms with Gasteiger partial charge in [-0.2, -0.15) is 0 Å². The first kappa shape index (κ1) is 6.27. The molecule has 0 aromatic rings.